The van der Waals surface area contributed by atoms with Gasteiger partial charge in [-0.05, 0) is 32.1 Å². The Morgan fingerprint density at radius 3 is 2.78 bits per heavy atom. The lowest BCUT2D eigenvalue weighted by molar-refractivity contribution is 0.154. The number of aliphatic hydroxyl groups is 1. The van der Waals surface area contributed by atoms with Crippen molar-refractivity contribution in [2.24, 2.45) is 5.92 Å². The van der Waals surface area contributed by atoms with E-state index in [9.17, 15) is 5.11 Å². The zero-order valence-electron chi connectivity index (χ0n) is 5.88. The van der Waals surface area contributed by atoms with Gasteiger partial charge in [-0.2, -0.15) is 0 Å². The summed E-state index contributed by atoms with van der Waals surface area (Å²) in [6.45, 7) is 1.99. The van der Waals surface area contributed by atoms with Crippen LogP contribution < -0.4 is 0 Å². The molecule has 1 atom stereocenters. The maximum Gasteiger partial charge on any atom is 0.0602 e. The third-order valence-electron chi connectivity index (χ3n) is 1.78. The fraction of sp³-hybridized carbons (Fsp3) is 0.750. The minimum atomic E-state index is -0.0544. The Morgan fingerprint density at radius 2 is 2.33 bits per heavy atom. The van der Waals surface area contributed by atoms with Crippen LogP contribution in [0.15, 0.2) is 12.2 Å². The largest absolute Gasteiger partial charge is 0.393 e. The van der Waals surface area contributed by atoms with Gasteiger partial charge in [0.1, 0.15) is 0 Å². The summed E-state index contributed by atoms with van der Waals surface area (Å²) in [6, 6.07) is 0. The van der Waals surface area contributed by atoms with Crippen LogP contribution in [0.4, 0.5) is 0 Å². The molecular weight excluding hydrogens is 112 g/mol. The molecule has 1 N–H and O–H groups in total. The first-order valence-electron chi connectivity index (χ1n) is 3.64. The predicted molar refractivity (Wildman–Crippen MR) is 38.2 cm³/mol. The van der Waals surface area contributed by atoms with Gasteiger partial charge in [0.15, 0.2) is 0 Å². The van der Waals surface area contributed by atoms with Crippen LogP contribution in [0.5, 0.6) is 0 Å². The number of allylic oxidation sites excluding steroid dienone is 1. The first-order chi connectivity index (χ1) is 4.34. The second-order valence-electron chi connectivity index (χ2n) is 2.71. The van der Waals surface area contributed by atoms with Crippen molar-refractivity contribution in [2.75, 3.05) is 0 Å². The van der Waals surface area contributed by atoms with Gasteiger partial charge < -0.3 is 5.11 Å². The molecule has 0 radical (unpaired) electrons. The molecule has 1 heteroatoms. The van der Waals surface area contributed by atoms with Crippen LogP contribution in [-0.2, 0) is 0 Å². The van der Waals surface area contributed by atoms with Crippen molar-refractivity contribution in [1.29, 1.82) is 0 Å². The minimum absolute atomic E-state index is 0.0544. The van der Waals surface area contributed by atoms with E-state index < -0.39 is 0 Å². The van der Waals surface area contributed by atoms with Crippen molar-refractivity contribution in [2.45, 2.75) is 32.3 Å². The van der Waals surface area contributed by atoms with E-state index in [1.54, 1.807) is 0 Å². The summed E-state index contributed by atoms with van der Waals surface area (Å²) in [6.07, 6.45) is 7.29. The monoisotopic (exact) mass is 126 g/mol. The average molecular weight is 126 g/mol. The van der Waals surface area contributed by atoms with Gasteiger partial charge in [-0.25, -0.2) is 0 Å². The van der Waals surface area contributed by atoms with Crippen molar-refractivity contribution in [3.05, 3.63) is 12.2 Å². The summed E-state index contributed by atoms with van der Waals surface area (Å²) < 4.78 is 0. The van der Waals surface area contributed by atoms with E-state index in [1.807, 2.05) is 19.1 Å². The molecule has 1 saturated carbocycles. The van der Waals surface area contributed by atoms with Gasteiger partial charge in [0, 0.05) is 0 Å². The van der Waals surface area contributed by atoms with Gasteiger partial charge in [0.25, 0.3) is 0 Å². The number of hydrogen-bond donors (Lipinski definition) is 1. The highest BCUT2D eigenvalue weighted by atomic mass is 16.3. The maximum absolute atomic E-state index is 9.27. The van der Waals surface area contributed by atoms with Gasteiger partial charge in [0.2, 0.25) is 0 Å². The summed E-state index contributed by atoms with van der Waals surface area (Å²) in [5.74, 6) is 0.626. The van der Waals surface area contributed by atoms with Crippen LogP contribution >= 0.6 is 0 Å². The lowest BCUT2D eigenvalue weighted by atomic mass is 10.1. The van der Waals surface area contributed by atoms with Crippen LogP contribution in [0, 0.1) is 5.92 Å². The SMILES string of the molecule is C/C=C/CC(O)C1CC1. The van der Waals surface area contributed by atoms with E-state index in [-0.39, 0.29) is 6.10 Å². The number of rotatable bonds is 3. The molecule has 1 fully saturated rings. The van der Waals surface area contributed by atoms with Crippen molar-refractivity contribution >= 4 is 0 Å². The van der Waals surface area contributed by atoms with E-state index in [0.29, 0.717) is 5.92 Å². The second-order valence-corrected chi connectivity index (χ2v) is 2.71. The third kappa shape index (κ3) is 2.19. The summed E-state index contributed by atoms with van der Waals surface area (Å²) in [5.41, 5.74) is 0. The first-order valence-corrected chi connectivity index (χ1v) is 3.64. The Hall–Kier alpha value is -0.300. The van der Waals surface area contributed by atoms with E-state index >= 15 is 0 Å². The van der Waals surface area contributed by atoms with Crippen LogP contribution in [0.3, 0.4) is 0 Å². The highest BCUT2D eigenvalue weighted by molar-refractivity contribution is 4.88. The lowest BCUT2D eigenvalue weighted by Gasteiger charge is -2.02. The first kappa shape index (κ1) is 6.81. The molecule has 9 heavy (non-hydrogen) atoms. The Balaban J connectivity index is 2.10. The zero-order chi connectivity index (χ0) is 6.69. The van der Waals surface area contributed by atoms with Gasteiger partial charge in [-0.15, -0.1) is 0 Å². The summed E-state index contributed by atoms with van der Waals surface area (Å²) in [7, 11) is 0. The van der Waals surface area contributed by atoms with Gasteiger partial charge >= 0.3 is 0 Å². The topological polar surface area (TPSA) is 20.2 Å². The molecule has 0 bridgehead atoms. The number of aliphatic hydroxyl groups excluding tert-OH is 1. The Bertz CT molecular complexity index is 103. The Morgan fingerprint density at radius 1 is 1.67 bits per heavy atom. The Labute approximate surface area is 56.4 Å². The summed E-state index contributed by atoms with van der Waals surface area (Å²) in [5, 5.41) is 9.27. The smallest absolute Gasteiger partial charge is 0.0602 e. The third-order valence-corrected chi connectivity index (χ3v) is 1.78. The normalized spacial score (nSPS) is 22.9. The highest BCUT2D eigenvalue weighted by Crippen LogP contribution is 2.33. The minimum Gasteiger partial charge on any atom is -0.393 e. The summed E-state index contributed by atoms with van der Waals surface area (Å²) >= 11 is 0. The fourth-order valence-corrected chi connectivity index (χ4v) is 0.949. The fourth-order valence-electron chi connectivity index (χ4n) is 0.949. The van der Waals surface area contributed by atoms with Gasteiger partial charge in [0.05, 0.1) is 6.10 Å². The average Bonchev–Trinajstić information content (AvgIpc) is 2.63. The standard InChI is InChI=1S/C8H14O/c1-2-3-4-8(9)7-5-6-7/h2-3,7-9H,4-6H2,1H3/b3-2+. The molecule has 0 aromatic rings. The molecule has 1 aliphatic carbocycles. The van der Waals surface area contributed by atoms with Crippen molar-refractivity contribution in [3.8, 4) is 0 Å². The zero-order valence-corrected chi connectivity index (χ0v) is 5.88. The Kier molecular flexibility index (Phi) is 2.29. The maximum atomic E-state index is 9.27. The van der Waals surface area contributed by atoms with Crippen LogP contribution in [-0.4, -0.2) is 11.2 Å². The number of hydrogen-bond acceptors (Lipinski definition) is 1. The van der Waals surface area contributed by atoms with Crippen LogP contribution in [0.1, 0.15) is 26.2 Å². The molecule has 1 nitrogen and oxygen atoms in total. The molecule has 0 heterocycles. The second kappa shape index (κ2) is 3.02. The molecule has 0 aliphatic heterocycles. The van der Waals surface area contributed by atoms with Crippen LogP contribution in [0.25, 0.3) is 0 Å². The van der Waals surface area contributed by atoms with E-state index in [1.165, 1.54) is 12.8 Å². The molecule has 1 unspecified atom stereocenters. The highest BCUT2D eigenvalue weighted by Gasteiger charge is 2.28. The molecule has 0 saturated heterocycles. The van der Waals surface area contributed by atoms with E-state index in [4.69, 9.17) is 0 Å². The molecule has 52 valence electrons. The summed E-state index contributed by atoms with van der Waals surface area (Å²) in [4.78, 5) is 0. The quantitative estimate of drug-likeness (QED) is 0.571. The molecule has 0 aromatic carbocycles. The van der Waals surface area contributed by atoms with Crippen molar-refractivity contribution in [3.63, 3.8) is 0 Å². The van der Waals surface area contributed by atoms with Crippen molar-refractivity contribution in [1.82, 2.24) is 0 Å². The van der Waals surface area contributed by atoms with Gasteiger partial charge in [-0.1, -0.05) is 12.2 Å². The molecular formula is C8H14O. The van der Waals surface area contributed by atoms with Crippen molar-refractivity contribution < 1.29 is 5.11 Å². The van der Waals surface area contributed by atoms with Gasteiger partial charge in [-0.3, -0.25) is 0 Å². The molecule has 0 aromatic heterocycles. The molecule has 0 amide bonds. The predicted octanol–water partition coefficient (Wildman–Crippen LogP) is 1.72. The van der Waals surface area contributed by atoms with Crippen LogP contribution in [0.2, 0.25) is 0 Å². The molecule has 0 spiro atoms. The van der Waals surface area contributed by atoms with E-state index in [2.05, 4.69) is 0 Å². The molecule has 1 aliphatic rings. The van der Waals surface area contributed by atoms with E-state index in [0.717, 1.165) is 6.42 Å². The lowest BCUT2D eigenvalue weighted by Crippen LogP contribution is -2.06. The molecule has 1 rings (SSSR count).